The van der Waals surface area contributed by atoms with Gasteiger partial charge in [0, 0.05) is 16.5 Å². The fourth-order valence-electron chi connectivity index (χ4n) is 2.06. The van der Waals surface area contributed by atoms with Gasteiger partial charge in [-0.15, -0.1) is 0 Å². The molecule has 24 heavy (non-hydrogen) atoms. The van der Waals surface area contributed by atoms with E-state index in [2.05, 4.69) is 15.5 Å². The van der Waals surface area contributed by atoms with Crippen LogP contribution in [0.4, 0.5) is 0 Å². The number of nitrogens with one attached hydrogen (secondary N) is 1. The van der Waals surface area contributed by atoms with Gasteiger partial charge in [-0.1, -0.05) is 53.0 Å². The molecule has 2 aromatic carbocycles. The summed E-state index contributed by atoms with van der Waals surface area (Å²) in [6.45, 7) is 0. The minimum atomic E-state index is -0.408. The van der Waals surface area contributed by atoms with Crippen LogP contribution in [0.25, 0.3) is 10.9 Å². The Morgan fingerprint density at radius 3 is 2.62 bits per heavy atom. The molecule has 0 radical (unpaired) electrons. The maximum atomic E-state index is 12.0. The van der Waals surface area contributed by atoms with E-state index >= 15 is 0 Å². The van der Waals surface area contributed by atoms with Crippen molar-refractivity contribution >= 4 is 57.8 Å². The Balaban J connectivity index is 1.77. The summed E-state index contributed by atoms with van der Waals surface area (Å²) in [6.07, 6.45) is 1.44. The van der Waals surface area contributed by atoms with Gasteiger partial charge in [-0.25, -0.2) is 10.4 Å². The van der Waals surface area contributed by atoms with Gasteiger partial charge in [0.25, 0.3) is 5.91 Å². The minimum Gasteiger partial charge on any atom is -0.267 e. The van der Waals surface area contributed by atoms with Crippen molar-refractivity contribution in [3.63, 3.8) is 0 Å². The zero-order valence-electron chi connectivity index (χ0n) is 12.1. The van der Waals surface area contributed by atoms with Gasteiger partial charge in [-0.2, -0.15) is 5.10 Å². The molecule has 0 bridgehead atoms. The molecule has 7 heteroatoms. The third kappa shape index (κ3) is 3.67. The first-order chi connectivity index (χ1) is 11.5. The standard InChI is InChI=1S/C17H10Cl3N3O/c18-13-6-5-11(8-14(13)19)17(24)23-21-9-12-7-10-3-1-2-4-15(10)22-16(12)20/h1-9H,(H,23,24)/b21-9-. The highest BCUT2D eigenvalue weighted by molar-refractivity contribution is 6.42. The van der Waals surface area contributed by atoms with Gasteiger partial charge in [0.2, 0.25) is 0 Å². The number of para-hydroxylation sites is 1. The predicted molar refractivity (Wildman–Crippen MR) is 98.3 cm³/mol. The van der Waals surface area contributed by atoms with E-state index in [1.807, 2.05) is 30.3 Å². The lowest BCUT2D eigenvalue weighted by Gasteiger charge is -2.03. The Bertz CT molecular complexity index is 957. The highest BCUT2D eigenvalue weighted by Crippen LogP contribution is 2.22. The van der Waals surface area contributed by atoms with Gasteiger partial charge in [-0.3, -0.25) is 4.79 Å². The predicted octanol–water partition coefficient (Wildman–Crippen LogP) is 4.96. The molecule has 0 unspecified atom stereocenters. The number of nitrogens with zero attached hydrogens (tertiary/aromatic N) is 2. The van der Waals surface area contributed by atoms with Crippen LogP contribution >= 0.6 is 34.8 Å². The number of rotatable bonds is 3. The van der Waals surface area contributed by atoms with Crippen LogP contribution in [0.1, 0.15) is 15.9 Å². The Morgan fingerprint density at radius 2 is 1.83 bits per heavy atom. The van der Waals surface area contributed by atoms with Crippen LogP contribution in [-0.4, -0.2) is 17.1 Å². The summed E-state index contributed by atoms with van der Waals surface area (Å²) in [4.78, 5) is 16.3. The van der Waals surface area contributed by atoms with Crippen LogP contribution in [0.2, 0.25) is 15.2 Å². The summed E-state index contributed by atoms with van der Waals surface area (Å²) in [5, 5.41) is 5.83. The van der Waals surface area contributed by atoms with Gasteiger partial charge < -0.3 is 0 Å². The Kier molecular flexibility index (Phi) is 5.00. The molecule has 0 spiro atoms. The smallest absolute Gasteiger partial charge is 0.267 e. The van der Waals surface area contributed by atoms with E-state index in [-0.39, 0.29) is 0 Å². The summed E-state index contributed by atoms with van der Waals surface area (Å²) >= 11 is 17.8. The molecular weight excluding hydrogens is 369 g/mol. The van der Waals surface area contributed by atoms with Gasteiger partial charge in [0.05, 0.1) is 21.8 Å². The average molecular weight is 379 g/mol. The van der Waals surface area contributed by atoms with Crippen molar-refractivity contribution < 1.29 is 4.79 Å². The quantitative estimate of drug-likeness (QED) is 0.398. The van der Waals surface area contributed by atoms with Crippen molar-refractivity contribution in [2.75, 3.05) is 0 Å². The number of aromatic nitrogens is 1. The summed E-state index contributed by atoms with van der Waals surface area (Å²) in [7, 11) is 0. The van der Waals surface area contributed by atoms with Crippen molar-refractivity contribution in [1.29, 1.82) is 0 Å². The first-order valence-electron chi connectivity index (χ1n) is 6.88. The molecule has 120 valence electrons. The monoisotopic (exact) mass is 377 g/mol. The third-order valence-corrected chi connectivity index (χ3v) is 4.30. The number of halogens is 3. The molecule has 3 rings (SSSR count). The second-order valence-corrected chi connectivity index (χ2v) is 6.06. The van der Waals surface area contributed by atoms with Crippen molar-refractivity contribution in [3.8, 4) is 0 Å². The van der Waals surface area contributed by atoms with E-state index in [4.69, 9.17) is 34.8 Å². The van der Waals surface area contributed by atoms with E-state index in [9.17, 15) is 4.79 Å². The van der Waals surface area contributed by atoms with Crippen molar-refractivity contribution in [2.24, 2.45) is 5.10 Å². The molecule has 1 N–H and O–H groups in total. The molecule has 0 aliphatic carbocycles. The van der Waals surface area contributed by atoms with E-state index in [1.165, 1.54) is 12.3 Å². The number of benzene rings is 2. The summed E-state index contributed by atoms with van der Waals surface area (Å²) in [6, 6.07) is 14.0. The maximum Gasteiger partial charge on any atom is 0.271 e. The summed E-state index contributed by atoms with van der Waals surface area (Å²) in [5.74, 6) is -0.408. The van der Waals surface area contributed by atoms with E-state index < -0.39 is 5.91 Å². The first kappa shape index (κ1) is 16.7. The summed E-state index contributed by atoms with van der Waals surface area (Å²) in [5.41, 5.74) is 4.16. The van der Waals surface area contributed by atoms with E-state index in [0.717, 1.165) is 10.9 Å². The van der Waals surface area contributed by atoms with Crippen LogP contribution in [0.5, 0.6) is 0 Å². The molecule has 1 aromatic heterocycles. The second-order valence-electron chi connectivity index (χ2n) is 4.89. The molecule has 4 nitrogen and oxygen atoms in total. The number of amides is 1. The fraction of sp³-hybridized carbons (Fsp3) is 0. The molecule has 0 fully saturated rings. The molecule has 3 aromatic rings. The number of fused-ring (bicyclic) bond motifs is 1. The zero-order valence-corrected chi connectivity index (χ0v) is 14.4. The van der Waals surface area contributed by atoms with Crippen molar-refractivity contribution in [3.05, 3.63) is 74.9 Å². The Morgan fingerprint density at radius 1 is 1.04 bits per heavy atom. The highest BCUT2D eigenvalue weighted by Gasteiger charge is 2.07. The fourth-order valence-corrected chi connectivity index (χ4v) is 2.55. The largest absolute Gasteiger partial charge is 0.271 e. The van der Waals surface area contributed by atoms with Crippen molar-refractivity contribution in [2.45, 2.75) is 0 Å². The van der Waals surface area contributed by atoms with Gasteiger partial charge in [-0.05, 0) is 30.3 Å². The molecule has 0 aliphatic heterocycles. The number of carbonyl (C=O) groups excluding carboxylic acids is 1. The van der Waals surface area contributed by atoms with E-state index in [0.29, 0.717) is 26.3 Å². The lowest BCUT2D eigenvalue weighted by Crippen LogP contribution is -2.17. The van der Waals surface area contributed by atoms with Crippen LogP contribution in [0, 0.1) is 0 Å². The van der Waals surface area contributed by atoms with Gasteiger partial charge >= 0.3 is 0 Å². The normalized spacial score (nSPS) is 11.1. The number of hydrogen-bond donors (Lipinski definition) is 1. The Labute approximate surface area is 153 Å². The minimum absolute atomic E-state index is 0.301. The zero-order chi connectivity index (χ0) is 17.1. The summed E-state index contributed by atoms with van der Waals surface area (Å²) < 4.78 is 0. The third-order valence-electron chi connectivity index (χ3n) is 3.26. The van der Waals surface area contributed by atoms with Crippen LogP contribution < -0.4 is 5.43 Å². The average Bonchev–Trinajstić information content (AvgIpc) is 2.57. The Hall–Kier alpha value is -2.14. The highest BCUT2D eigenvalue weighted by atomic mass is 35.5. The number of hydrogen-bond acceptors (Lipinski definition) is 3. The molecule has 0 atom stereocenters. The molecule has 0 saturated carbocycles. The molecule has 1 heterocycles. The lowest BCUT2D eigenvalue weighted by atomic mass is 10.2. The number of pyridine rings is 1. The molecule has 0 saturated heterocycles. The lowest BCUT2D eigenvalue weighted by molar-refractivity contribution is 0.0955. The number of carbonyl (C=O) groups is 1. The SMILES string of the molecule is O=C(N/N=C\c1cc2ccccc2nc1Cl)c1ccc(Cl)c(Cl)c1. The van der Waals surface area contributed by atoms with Gasteiger partial charge in [0.1, 0.15) is 5.15 Å². The maximum absolute atomic E-state index is 12.0. The van der Waals surface area contributed by atoms with Crippen molar-refractivity contribution in [1.82, 2.24) is 10.4 Å². The molecule has 1 amide bonds. The van der Waals surface area contributed by atoms with Gasteiger partial charge in [0.15, 0.2) is 0 Å². The first-order valence-corrected chi connectivity index (χ1v) is 8.02. The van der Waals surface area contributed by atoms with Crippen LogP contribution in [0.3, 0.4) is 0 Å². The topological polar surface area (TPSA) is 54.4 Å². The van der Waals surface area contributed by atoms with E-state index in [1.54, 1.807) is 12.1 Å². The molecule has 0 aliphatic rings. The van der Waals surface area contributed by atoms with Crippen LogP contribution in [0.15, 0.2) is 53.6 Å². The van der Waals surface area contributed by atoms with Crippen LogP contribution in [-0.2, 0) is 0 Å². The second kappa shape index (κ2) is 7.18. The number of hydrazone groups is 1. The molecular formula is C17H10Cl3N3O.